The van der Waals surface area contributed by atoms with Crippen LogP contribution in [0.5, 0.6) is 0 Å². The summed E-state index contributed by atoms with van der Waals surface area (Å²) in [4.78, 5) is 23.0. The van der Waals surface area contributed by atoms with Crippen LogP contribution in [-0.2, 0) is 25.8 Å². The molecule has 0 bridgehead atoms. The molecule has 7 heteroatoms. The third-order valence-electron chi connectivity index (χ3n) is 4.18. The normalized spacial score (nSPS) is 12.3. The first-order chi connectivity index (χ1) is 12.8. The van der Waals surface area contributed by atoms with Crippen LogP contribution in [0.2, 0.25) is 0 Å². The number of carboxylic acid groups (broad SMARTS) is 1. The molecule has 2 aromatic carbocycles. The third kappa shape index (κ3) is 6.86. The van der Waals surface area contributed by atoms with Gasteiger partial charge in [-0.25, -0.2) is 8.42 Å². The van der Waals surface area contributed by atoms with Gasteiger partial charge < -0.3 is 10.4 Å². The van der Waals surface area contributed by atoms with Gasteiger partial charge in [0.15, 0.2) is 9.84 Å². The first-order valence-electron chi connectivity index (χ1n) is 8.64. The molecule has 0 spiro atoms. The van der Waals surface area contributed by atoms with E-state index in [2.05, 4.69) is 5.32 Å². The average molecular weight is 389 g/mol. The lowest BCUT2D eigenvalue weighted by atomic mass is 10.0. The molecule has 1 atom stereocenters. The van der Waals surface area contributed by atoms with Crippen LogP contribution in [-0.4, -0.2) is 36.9 Å². The van der Waals surface area contributed by atoms with Gasteiger partial charge in [-0.3, -0.25) is 9.59 Å². The predicted molar refractivity (Wildman–Crippen MR) is 105 cm³/mol. The Bertz CT molecular complexity index is 876. The standard InChI is InChI=1S/C20H23NO5S/c1-15(20(23)24)17-9-11-18(12-10-17)21-19(22)14-27(25,26)13-5-8-16-6-3-2-4-7-16/h2-4,6-7,9-12,15H,5,8,13-14H2,1H3,(H,21,22)(H,23,24). The minimum Gasteiger partial charge on any atom is -0.481 e. The van der Waals surface area contributed by atoms with Gasteiger partial charge in [-0.05, 0) is 43.0 Å². The van der Waals surface area contributed by atoms with Crippen LogP contribution in [0.15, 0.2) is 54.6 Å². The zero-order valence-corrected chi connectivity index (χ0v) is 15.9. The molecular weight excluding hydrogens is 366 g/mol. The van der Waals surface area contributed by atoms with Gasteiger partial charge in [-0.2, -0.15) is 0 Å². The molecule has 2 rings (SSSR count). The molecule has 0 saturated carbocycles. The average Bonchev–Trinajstić information content (AvgIpc) is 2.62. The molecule has 1 amide bonds. The first-order valence-corrected chi connectivity index (χ1v) is 10.5. The highest BCUT2D eigenvalue weighted by atomic mass is 32.2. The summed E-state index contributed by atoms with van der Waals surface area (Å²) in [5, 5.41) is 11.5. The zero-order valence-electron chi connectivity index (χ0n) is 15.1. The Morgan fingerprint density at radius 3 is 2.26 bits per heavy atom. The molecule has 0 radical (unpaired) electrons. The van der Waals surface area contributed by atoms with Crippen molar-refractivity contribution in [2.45, 2.75) is 25.7 Å². The van der Waals surface area contributed by atoms with Gasteiger partial charge in [0.05, 0.1) is 11.7 Å². The van der Waals surface area contributed by atoms with Crippen molar-refractivity contribution < 1.29 is 23.1 Å². The Hall–Kier alpha value is -2.67. The fourth-order valence-corrected chi connectivity index (χ4v) is 3.81. The number of aliphatic carboxylic acids is 1. The number of anilines is 1. The topological polar surface area (TPSA) is 101 Å². The minimum absolute atomic E-state index is 0.0512. The molecule has 2 N–H and O–H groups in total. The number of aryl methyl sites for hydroxylation is 1. The van der Waals surface area contributed by atoms with E-state index in [-0.39, 0.29) is 5.75 Å². The lowest BCUT2D eigenvalue weighted by molar-refractivity contribution is -0.138. The molecule has 0 aliphatic carbocycles. The molecule has 1 unspecified atom stereocenters. The summed E-state index contributed by atoms with van der Waals surface area (Å²) in [6, 6.07) is 15.9. The van der Waals surface area contributed by atoms with Gasteiger partial charge in [-0.15, -0.1) is 0 Å². The number of carbonyl (C=O) groups excluding carboxylic acids is 1. The van der Waals surface area contributed by atoms with Crippen LogP contribution < -0.4 is 5.32 Å². The maximum absolute atomic E-state index is 12.1. The number of sulfone groups is 1. The number of carbonyl (C=O) groups is 2. The minimum atomic E-state index is -3.49. The van der Waals surface area contributed by atoms with E-state index >= 15 is 0 Å². The lowest BCUT2D eigenvalue weighted by Crippen LogP contribution is -2.25. The number of amides is 1. The van der Waals surface area contributed by atoms with Gasteiger partial charge >= 0.3 is 5.97 Å². The molecule has 6 nitrogen and oxygen atoms in total. The van der Waals surface area contributed by atoms with E-state index in [1.807, 2.05) is 30.3 Å². The number of rotatable bonds is 9. The summed E-state index contributed by atoms with van der Waals surface area (Å²) in [6.45, 7) is 1.57. The highest BCUT2D eigenvalue weighted by molar-refractivity contribution is 7.92. The van der Waals surface area contributed by atoms with Gasteiger partial charge in [0.1, 0.15) is 5.75 Å². The fraction of sp³-hybridized carbons (Fsp3) is 0.300. The Kier molecular flexibility index (Phi) is 7.12. The fourth-order valence-electron chi connectivity index (χ4n) is 2.61. The molecule has 0 aromatic heterocycles. The van der Waals surface area contributed by atoms with Crippen molar-refractivity contribution in [1.29, 1.82) is 0 Å². The van der Waals surface area contributed by atoms with E-state index in [0.717, 1.165) is 5.56 Å². The van der Waals surface area contributed by atoms with Crippen molar-refractivity contribution in [3.8, 4) is 0 Å². The van der Waals surface area contributed by atoms with Crippen molar-refractivity contribution in [3.63, 3.8) is 0 Å². The smallest absolute Gasteiger partial charge is 0.310 e. The van der Waals surface area contributed by atoms with Crippen molar-refractivity contribution in [2.75, 3.05) is 16.8 Å². The SMILES string of the molecule is CC(C(=O)O)c1ccc(NC(=O)CS(=O)(=O)CCCc2ccccc2)cc1. The van der Waals surface area contributed by atoms with E-state index in [4.69, 9.17) is 5.11 Å². The van der Waals surface area contributed by atoms with Gasteiger partial charge in [0.25, 0.3) is 0 Å². The van der Waals surface area contributed by atoms with Crippen LogP contribution in [0.4, 0.5) is 5.69 Å². The van der Waals surface area contributed by atoms with Gasteiger partial charge in [0.2, 0.25) is 5.91 Å². The largest absolute Gasteiger partial charge is 0.481 e. The maximum atomic E-state index is 12.1. The van der Waals surface area contributed by atoms with Crippen molar-refractivity contribution in [2.24, 2.45) is 0 Å². The second-order valence-corrected chi connectivity index (χ2v) is 8.60. The molecule has 27 heavy (non-hydrogen) atoms. The highest BCUT2D eigenvalue weighted by Gasteiger charge is 2.17. The van der Waals surface area contributed by atoms with Crippen LogP contribution in [0, 0.1) is 0 Å². The van der Waals surface area contributed by atoms with E-state index in [0.29, 0.717) is 24.1 Å². The van der Waals surface area contributed by atoms with E-state index in [1.54, 1.807) is 31.2 Å². The Balaban J connectivity index is 1.84. The van der Waals surface area contributed by atoms with Gasteiger partial charge in [0, 0.05) is 5.69 Å². The first kappa shape index (κ1) is 20.6. The highest BCUT2D eigenvalue weighted by Crippen LogP contribution is 2.18. The van der Waals surface area contributed by atoms with Crippen molar-refractivity contribution >= 4 is 27.4 Å². The summed E-state index contributed by atoms with van der Waals surface area (Å²) in [7, 11) is -3.49. The van der Waals surface area contributed by atoms with Crippen LogP contribution in [0.1, 0.15) is 30.4 Å². The number of hydrogen-bond donors (Lipinski definition) is 2. The third-order valence-corrected chi connectivity index (χ3v) is 5.79. The van der Waals surface area contributed by atoms with E-state index < -0.39 is 33.4 Å². The summed E-state index contributed by atoms with van der Waals surface area (Å²) in [6.07, 6.45) is 1.10. The molecule has 0 heterocycles. The summed E-state index contributed by atoms with van der Waals surface area (Å²) < 4.78 is 24.2. The zero-order chi connectivity index (χ0) is 19.9. The molecule has 2 aromatic rings. The molecule has 144 valence electrons. The van der Waals surface area contributed by atoms with Crippen LogP contribution >= 0.6 is 0 Å². The quantitative estimate of drug-likeness (QED) is 0.687. The number of hydrogen-bond acceptors (Lipinski definition) is 4. The molecule has 0 saturated heterocycles. The Morgan fingerprint density at radius 1 is 1.04 bits per heavy atom. The number of benzene rings is 2. The molecule has 0 aliphatic heterocycles. The predicted octanol–water partition coefficient (Wildman–Crippen LogP) is 2.86. The Morgan fingerprint density at radius 2 is 1.67 bits per heavy atom. The summed E-state index contributed by atoms with van der Waals surface area (Å²) in [5.41, 5.74) is 2.10. The van der Waals surface area contributed by atoms with Crippen LogP contribution in [0.25, 0.3) is 0 Å². The Labute approximate surface area is 159 Å². The molecule has 0 aliphatic rings. The van der Waals surface area contributed by atoms with Crippen molar-refractivity contribution in [3.05, 3.63) is 65.7 Å². The lowest BCUT2D eigenvalue weighted by Gasteiger charge is -2.09. The molecule has 0 fully saturated rings. The van der Waals surface area contributed by atoms with E-state index in [1.165, 1.54) is 0 Å². The summed E-state index contributed by atoms with van der Waals surface area (Å²) in [5.74, 6) is -2.82. The van der Waals surface area contributed by atoms with Crippen molar-refractivity contribution in [1.82, 2.24) is 0 Å². The number of nitrogens with one attached hydrogen (secondary N) is 1. The summed E-state index contributed by atoms with van der Waals surface area (Å²) >= 11 is 0. The second kappa shape index (κ2) is 9.32. The van der Waals surface area contributed by atoms with E-state index in [9.17, 15) is 18.0 Å². The van der Waals surface area contributed by atoms with Crippen LogP contribution in [0.3, 0.4) is 0 Å². The monoisotopic (exact) mass is 389 g/mol. The second-order valence-electron chi connectivity index (χ2n) is 6.41. The van der Waals surface area contributed by atoms with Gasteiger partial charge in [-0.1, -0.05) is 42.5 Å². The molecular formula is C20H23NO5S. The maximum Gasteiger partial charge on any atom is 0.310 e. The number of carboxylic acids is 1.